The second-order valence-electron chi connectivity index (χ2n) is 7.01. The normalized spacial score (nSPS) is 16.3. The molecule has 0 amide bonds. The predicted octanol–water partition coefficient (Wildman–Crippen LogP) is 3.87. The Kier molecular flexibility index (Phi) is 10.6. The molecular weight excluding hydrogens is 340 g/mol. The van der Waals surface area contributed by atoms with Crippen molar-refractivity contribution in [3.63, 3.8) is 0 Å². The van der Waals surface area contributed by atoms with Crippen molar-refractivity contribution < 1.29 is 0 Å². The number of likely N-dealkylation sites (tertiary alicyclic amines) is 1. The summed E-state index contributed by atoms with van der Waals surface area (Å²) in [5.74, 6) is 2.14. The first-order valence-corrected chi connectivity index (χ1v) is 11.5. The SMILES string of the molecule is CN=C(NCCCCSC)NCc1ccccc1CN1CCCCCC1. The highest BCUT2D eigenvalue weighted by molar-refractivity contribution is 7.98. The fourth-order valence-electron chi connectivity index (χ4n) is 3.40. The van der Waals surface area contributed by atoms with Crippen molar-refractivity contribution in [2.24, 2.45) is 4.99 Å². The summed E-state index contributed by atoms with van der Waals surface area (Å²) in [6.45, 7) is 5.35. The largest absolute Gasteiger partial charge is 0.356 e. The number of benzene rings is 1. The van der Waals surface area contributed by atoms with Crippen LogP contribution < -0.4 is 10.6 Å². The molecule has 2 rings (SSSR count). The number of hydrogen-bond donors (Lipinski definition) is 2. The number of hydrogen-bond acceptors (Lipinski definition) is 3. The van der Waals surface area contributed by atoms with Gasteiger partial charge < -0.3 is 10.6 Å². The molecule has 0 aromatic heterocycles. The van der Waals surface area contributed by atoms with Crippen molar-refractivity contribution in [1.29, 1.82) is 0 Å². The van der Waals surface area contributed by atoms with Crippen LogP contribution in [0.5, 0.6) is 0 Å². The highest BCUT2D eigenvalue weighted by Crippen LogP contribution is 2.16. The molecule has 5 heteroatoms. The third kappa shape index (κ3) is 8.00. The van der Waals surface area contributed by atoms with Crippen molar-refractivity contribution in [2.75, 3.05) is 38.7 Å². The van der Waals surface area contributed by atoms with Gasteiger partial charge in [0.15, 0.2) is 5.96 Å². The molecule has 0 atom stereocenters. The lowest BCUT2D eigenvalue weighted by molar-refractivity contribution is 0.276. The summed E-state index contributed by atoms with van der Waals surface area (Å²) in [5.41, 5.74) is 2.82. The Labute approximate surface area is 164 Å². The van der Waals surface area contributed by atoms with Crippen LogP contribution in [0.3, 0.4) is 0 Å². The molecule has 4 nitrogen and oxygen atoms in total. The maximum Gasteiger partial charge on any atom is 0.191 e. The van der Waals surface area contributed by atoms with Crippen LogP contribution in [0.1, 0.15) is 49.7 Å². The van der Waals surface area contributed by atoms with Gasteiger partial charge in [0.2, 0.25) is 0 Å². The van der Waals surface area contributed by atoms with Crippen LogP contribution in [0.15, 0.2) is 29.3 Å². The lowest BCUT2D eigenvalue weighted by Gasteiger charge is -2.22. The molecule has 1 saturated heterocycles. The lowest BCUT2D eigenvalue weighted by atomic mass is 10.1. The van der Waals surface area contributed by atoms with E-state index in [1.54, 1.807) is 0 Å². The Morgan fingerprint density at radius 2 is 1.77 bits per heavy atom. The van der Waals surface area contributed by atoms with E-state index >= 15 is 0 Å². The Hall–Kier alpha value is -1.20. The molecule has 26 heavy (non-hydrogen) atoms. The van der Waals surface area contributed by atoms with Crippen LogP contribution in [0.4, 0.5) is 0 Å². The van der Waals surface area contributed by atoms with Gasteiger partial charge in [-0.05, 0) is 61.9 Å². The van der Waals surface area contributed by atoms with Gasteiger partial charge in [-0.15, -0.1) is 0 Å². The van der Waals surface area contributed by atoms with Gasteiger partial charge in [0.05, 0.1) is 0 Å². The molecule has 1 heterocycles. The van der Waals surface area contributed by atoms with E-state index in [0.717, 1.165) is 25.6 Å². The van der Waals surface area contributed by atoms with Gasteiger partial charge in [0, 0.05) is 26.7 Å². The molecule has 2 N–H and O–H groups in total. The highest BCUT2D eigenvalue weighted by Gasteiger charge is 2.11. The van der Waals surface area contributed by atoms with Crippen LogP contribution in [-0.4, -0.2) is 49.6 Å². The number of rotatable bonds is 9. The minimum atomic E-state index is 0.828. The molecule has 1 aromatic carbocycles. The average molecular weight is 377 g/mol. The summed E-state index contributed by atoms with van der Waals surface area (Å²) in [6.07, 6.45) is 10.1. The Morgan fingerprint density at radius 3 is 2.46 bits per heavy atom. The zero-order chi connectivity index (χ0) is 18.5. The van der Waals surface area contributed by atoms with Gasteiger partial charge in [-0.25, -0.2) is 0 Å². The van der Waals surface area contributed by atoms with Gasteiger partial charge in [-0.2, -0.15) is 11.8 Å². The fraction of sp³-hybridized carbons (Fsp3) is 0.667. The second kappa shape index (κ2) is 13.0. The first-order valence-electron chi connectivity index (χ1n) is 10.1. The van der Waals surface area contributed by atoms with Crippen molar-refractivity contribution in [1.82, 2.24) is 15.5 Å². The van der Waals surface area contributed by atoms with E-state index in [0.29, 0.717) is 0 Å². The van der Waals surface area contributed by atoms with E-state index < -0.39 is 0 Å². The summed E-state index contributed by atoms with van der Waals surface area (Å²) in [4.78, 5) is 6.97. The van der Waals surface area contributed by atoms with Crippen molar-refractivity contribution in [3.05, 3.63) is 35.4 Å². The molecule has 0 bridgehead atoms. The van der Waals surface area contributed by atoms with Gasteiger partial charge in [-0.1, -0.05) is 37.1 Å². The predicted molar refractivity (Wildman–Crippen MR) is 116 cm³/mol. The van der Waals surface area contributed by atoms with Crippen molar-refractivity contribution >= 4 is 17.7 Å². The quantitative estimate of drug-likeness (QED) is 0.390. The fourth-order valence-corrected chi connectivity index (χ4v) is 3.89. The van der Waals surface area contributed by atoms with Crippen LogP contribution in [-0.2, 0) is 13.1 Å². The number of thioether (sulfide) groups is 1. The molecule has 1 aliphatic heterocycles. The van der Waals surface area contributed by atoms with Gasteiger partial charge in [-0.3, -0.25) is 9.89 Å². The first-order chi connectivity index (χ1) is 12.8. The number of nitrogens with one attached hydrogen (secondary N) is 2. The highest BCUT2D eigenvalue weighted by atomic mass is 32.2. The number of nitrogens with zero attached hydrogens (tertiary/aromatic N) is 2. The Balaban J connectivity index is 1.82. The minimum absolute atomic E-state index is 0.828. The lowest BCUT2D eigenvalue weighted by Crippen LogP contribution is -2.37. The topological polar surface area (TPSA) is 39.7 Å². The van der Waals surface area contributed by atoms with E-state index in [1.165, 1.54) is 68.5 Å². The first kappa shape index (κ1) is 21.1. The molecule has 1 aliphatic rings. The molecule has 1 fully saturated rings. The number of unbranched alkanes of at least 4 members (excludes halogenated alkanes) is 1. The number of guanidine groups is 1. The van der Waals surface area contributed by atoms with Crippen molar-refractivity contribution in [3.8, 4) is 0 Å². The maximum absolute atomic E-state index is 4.36. The van der Waals surface area contributed by atoms with Crippen LogP contribution in [0.2, 0.25) is 0 Å². The molecule has 0 radical (unpaired) electrons. The molecule has 146 valence electrons. The Morgan fingerprint density at radius 1 is 1.04 bits per heavy atom. The van der Waals surface area contributed by atoms with Gasteiger partial charge in [0.25, 0.3) is 0 Å². The molecule has 0 spiro atoms. The third-order valence-corrected chi connectivity index (χ3v) is 5.65. The summed E-state index contributed by atoms with van der Waals surface area (Å²) >= 11 is 1.91. The second-order valence-corrected chi connectivity index (χ2v) is 8.00. The molecule has 0 aliphatic carbocycles. The van der Waals surface area contributed by atoms with Crippen LogP contribution >= 0.6 is 11.8 Å². The van der Waals surface area contributed by atoms with E-state index in [-0.39, 0.29) is 0 Å². The van der Waals surface area contributed by atoms with Crippen LogP contribution in [0, 0.1) is 0 Å². The molecule has 0 unspecified atom stereocenters. The standard InChI is InChI=1S/C21H36N4S/c1-22-21(23-13-7-10-16-26-2)24-17-19-11-5-6-12-20(19)18-25-14-8-3-4-9-15-25/h5-6,11-12H,3-4,7-10,13-18H2,1-2H3,(H2,22,23,24). The summed E-state index contributed by atoms with van der Waals surface area (Å²) in [7, 11) is 1.85. The number of aliphatic imine (C=N–C) groups is 1. The van der Waals surface area contributed by atoms with E-state index in [9.17, 15) is 0 Å². The third-order valence-electron chi connectivity index (χ3n) is 4.95. The Bertz CT molecular complexity index is 524. The summed E-state index contributed by atoms with van der Waals surface area (Å²) in [6, 6.07) is 8.82. The van der Waals surface area contributed by atoms with Crippen LogP contribution in [0.25, 0.3) is 0 Å². The van der Waals surface area contributed by atoms with E-state index in [2.05, 4.69) is 51.0 Å². The maximum atomic E-state index is 4.36. The molecular formula is C21H36N4S. The van der Waals surface area contributed by atoms with E-state index in [4.69, 9.17) is 0 Å². The van der Waals surface area contributed by atoms with Gasteiger partial charge in [0.1, 0.15) is 0 Å². The zero-order valence-electron chi connectivity index (χ0n) is 16.6. The summed E-state index contributed by atoms with van der Waals surface area (Å²) < 4.78 is 0. The molecule has 0 saturated carbocycles. The van der Waals surface area contributed by atoms with Crippen molar-refractivity contribution in [2.45, 2.75) is 51.6 Å². The average Bonchev–Trinajstić information content (AvgIpc) is 2.94. The monoisotopic (exact) mass is 376 g/mol. The zero-order valence-corrected chi connectivity index (χ0v) is 17.4. The van der Waals surface area contributed by atoms with Gasteiger partial charge >= 0.3 is 0 Å². The minimum Gasteiger partial charge on any atom is -0.356 e. The van der Waals surface area contributed by atoms with E-state index in [1.807, 2.05) is 18.8 Å². The smallest absolute Gasteiger partial charge is 0.191 e. The summed E-state index contributed by atoms with van der Waals surface area (Å²) in [5, 5.41) is 6.91. The molecule has 1 aromatic rings.